The van der Waals surface area contributed by atoms with Crippen LogP contribution in [-0.2, 0) is 36.9 Å². The summed E-state index contributed by atoms with van der Waals surface area (Å²) in [6, 6.07) is 19.4. The quantitative estimate of drug-likeness (QED) is 0.750. The van der Waals surface area contributed by atoms with Crippen molar-refractivity contribution in [1.82, 2.24) is 5.32 Å². The Balaban J connectivity index is 1.32. The Kier molecular flexibility index (Phi) is 6.34. The Hall–Kier alpha value is -2.45. The van der Waals surface area contributed by atoms with Crippen molar-refractivity contribution < 1.29 is 28.5 Å². The molecular formula is C23H27NO6. The van der Waals surface area contributed by atoms with E-state index in [1.165, 1.54) is 0 Å². The van der Waals surface area contributed by atoms with E-state index in [4.69, 9.17) is 23.7 Å². The Labute approximate surface area is 176 Å². The van der Waals surface area contributed by atoms with Gasteiger partial charge in [0.25, 0.3) is 0 Å². The van der Waals surface area contributed by atoms with Crippen molar-refractivity contribution in [3.05, 3.63) is 71.8 Å². The van der Waals surface area contributed by atoms with Crippen molar-refractivity contribution >= 4 is 6.09 Å². The summed E-state index contributed by atoms with van der Waals surface area (Å²) in [7, 11) is 0. The van der Waals surface area contributed by atoms with Gasteiger partial charge in [0.1, 0.15) is 24.9 Å². The summed E-state index contributed by atoms with van der Waals surface area (Å²) in [5.74, 6) is -0.739. The van der Waals surface area contributed by atoms with Crippen LogP contribution in [0.3, 0.4) is 0 Å². The van der Waals surface area contributed by atoms with Gasteiger partial charge in [-0.2, -0.15) is 0 Å². The summed E-state index contributed by atoms with van der Waals surface area (Å²) in [5, 5.41) is 2.76. The largest absolute Gasteiger partial charge is 0.445 e. The van der Waals surface area contributed by atoms with E-state index in [0.29, 0.717) is 6.61 Å². The van der Waals surface area contributed by atoms with Crippen molar-refractivity contribution in [3.8, 4) is 0 Å². The van der Waals surface area contributed by atoms with E-state index >= 15 is 0 Å². The molecule has 2 heterocycles. The van der Waals surface area contributed by atoms with Crippen molar-refractivity contribution in [1.29, 1.82) is 0 Å². The number of fused-ring (bicyclic) bond motifs is 1. The van der Waals surface area contributed by atoms with Crippen LogP contribution in [0, 0.1) is 0 Å². The third kappa shape index (κ3) is 5.17. The number of ether oxygens (including phenoxy) is 5. The minimum absolute atomic E-state index is 0.206. The predicted molar refractivity (Wildman–Crippen MR) is 108 cm³/mol. The monoisotopic (exact) mass is 413 g/mol. The van der Waals surface area contributed by atoms with Gasteiger partial charge in [0.05, 0.1) is 6.61 Å². The zero-order chi connectivity index (χ0) is 21.0. The molecule has 160 valence electrons. The molecule has 0 spiro atoms. The first-order valence-corrected chi connectivity index (χ1v) is 10.1. The first-order valence-electron chi connectivity index (χ1n) is 10.1. The Morgan fingerprint density at radius 3 is 2.27 bits per heavy atom. The van der Waals surface area contributed by atoms with Crippen molar-refractivity contribution in [3.63, 3.8) is 0 Å². The molecule has 0 aromatic heterocycles. The van der Waals surface area contributed by atoms with E-state index in [1.54, 1.807) is 0 Å². The number of carbonyl (C=O) groups excluding carboxylic acids is 1. The second-order valence-electron chi connectivity index (χ2n) is 7.85. The topological polar surface area (TPSA) is 75.3 Å². The lowest BCUT2D eigenvalue weighted by atomic mass is 10.1. The molecule has 0 radical (unpaired) electrons. The van der Waals surface area contributed by atoms with Crippen LogP contribution in [0.25, 0.3) is 0 Å². The van der Waals surface area contributed by atoms with Gasteiger partial charge in [-0.25, -0.2) is 4.79 Å². The SMILES string of the molecule is CC1(C)O[C@H]2O[C@H](CNC(=O)OCc3ccccc3)[C@H](OCc3ccccc3)[C@H]2O1. The van der Waals surface area contributed by atoms with Crippen LogP contribution in [0.2, 0.25) is 0 Å². The number of carbonyl (C=O) groups is 1. The van der Waals surface area contributed by atoms with E-state index in [2.05, 4.69) is 5.32 Å². The molecule has 4 rings (SSSR count). The molecule has 0 saturated carbocycles. The number of hydrogen-bond acceptors (Lipinski definition) is 6. The first kappa shape index (κ1) is 20.8. The smallest absolute Gasteiger partial charge is 0.407 e. The molecular weight excluding hydrogens is 386 g/mol. The Morgan fingerprint density at radius 2 is 1.60 bits per heavy atom. The van der Waals surface area contributed by atoms with Gasteiger partial charge in [-0.1, -0.05) is 60.7 Å². The van der Waals surface area contributed by atoms with Crippen LogP contribution >= 0.6 is 0 Å². The van der Waals surface area contributed by atoms with Crippen molar-refractivity contribution in [2.24, 2.45) is 0 Å². The third-order valence-corrected chi connectivity index (χ3v) is 5.03. The number of rotatable bonds is 7. The highest BCUT2D eigenvalue weighted by Gasteiger charge is 2.55. The second kappa shape index (κ2) is 9.14. The van der Waals surface area contributed by atoms with Crippen molar-refractivity contribution in [2.75, 3.05) is 6.54 Å². The molecule has 7 heteroatoms. The molecule has 1 N–H and O–H groups in total. The average Bonchev–Trinajstić information content (AvgIpc) is 3.21. The molecule has 2 fully saturated rings. The van der Waals surface area contributed by atoms with Gasteiger partial charge in [-0.3, -0.25) is 0 Å². The number of alkyl carbamates (subject to hydrolysis) is 1. The van der Waals surface area contributed by atoms with Crippen LogP contribution < -0.4 is 5.32 Å². The van der Waals surface area contributed by atoms with Gasteiger partial charge in [-0.05, 0) is 25.0 Å². The second-order valence-corrected chi connectivity index (χ2v) is 7.85. The first-order chi connectivity index (χ1) is 14.5. The van der Waals surface area contributed by atoms with Crippen LogP contribution in [-0.4, -0.2) is 43.0 Å². The number of hydrogen-bond donors (Lipinski definition) is 1. The Morgan fingerprint density at radius 1 is 0.967 bits per heavy atom. The number of amides is 1. The molecule has 4 atom stereocenters. The number of benzene rings is 2. The maximum absolute atomic E-state index is 12.1. The lowest BCUT2D eigenvalue weighted by Crippen LogP contribution is -2.43. The van der Waals surface area contributed by atoms with Gasteiger partial charge >= 0.3 is 6.09 Å². The summed E-state index contributed by atoms with van der Waals surface area (Å²) in [6.45, 7) is 4.54. The molecule has 0 unspecified atom stereocenters. The third-order valence-electron chi connectivity index (χ3n) is 5.03. The molecule has 2 aromatic rings. The zero-order valence-corrected chi connectivity index (χ0v) is 17.2. The van der Waals surface area contributed by atoms with Gasteiger partial charge in [0.2, 0.25) is 0 Å². The molecule has 2 aliphatic rings. The fourth-order valence-electron chi connectivity index (χ4n) is 3.64. The zero-order valence-electron chi connectivity index (χ0n) is 17.2. The van der Waals surface area contributed by atoms with E-state index in [-0.39, 0.29) is 25.4 Å². The van der Waals surface area contributed by atoms with Gasteiger partial charge in [-0.15, -0.1) is 0 Å². The van der Waals surface area contributed by atoms with Crippen LogP contribution in [0.5, 0.6) is 0 Å². The molecule has 2 saturated heterocycles. The van der Waals surface area contributed by atoms with Gasteiger partial charge < -0.3 is 29.0 Å². The fraction of sp³-hybridized carbons (Fsp3) is 0.435. The lowest BCUT2D eigenvalue weighted by molar-refractivity contribution is -0.218. The summed E-state index contributed by atoms with van der Waals surface area (Å²) < 4.78 is 29.2. The van der Waals surface area contributed by atoms with Gasteiger partial charge in [0.15, 0.2) is 12.1 Å². The maximum atomic E-state index is 12.1. The van der Waals surface area contributed by atoms with E-state index < -0.39 is 24.3 Å². The summed E-state index contributed by atoms with van der Waals surface area (Å²) in [5.41, 5.74) is 1.97. The maximum Gasteiger partial charge on any atom is 0.407 e. The minimum atomic E-state index is -0.739. The Bertz CT molecular complexity index is 828. The van der Waals surface area contributed by atoms with Gasteiger partial charge in [0, 0.05) is 6.54 Å². The van der Waals surface area contributed by atoms with Crippen LogP contribution in [0.15, 0.2) is 60.7 Å². The highest BCUT2D eigenvalue weighted by atomic mass is 16.8. The molecule has 2 aliphatic heterocycles. The molecule has 0 aliphatic carbocycles. The fourth-order valence-corrected chi connectivity index (χ4v) is 3.64. The highest BCUT2D eigenvalue weighted by molar-refractivity contribution is 5.67. The molecule has 1 amide bonds. The molecule has 0 bridgehead atoms. The summed E-state index contributed by atoms with van der Waals surface area (Å²) in [4.78, 5) is 12.1. The summed E-state index contributed by atoms with van der Waals surface area (Å²) >= 11 is 0. The molecule has 7 nitrogen and oxygen atoms in total. The number of nitrogens with one attached hydrogen (secondary N) is 1. The van der Waals surface area contributed by atoms with E-state index in [0.717, 1.165) is 11.1 Å². The average molecular weight is 413 g/mol. The van der Waals surface area contributed by atoms with Crippen molar-refractivity contribution in [2.45, 2.75) is 57.5 Å². The molecule has 2 aromatic carbocycles. The normalized spacial score (nSPS) is 26.9. The highest BCUT2D eigenvalue weighted by Crippen LogP contribution is 2.38. The predicted octanol–water partition coefficient (Wildman–Crippen LogP) is 3.37. The minimum Gasteiger partial charge on any atom is -0.445 e. The van der Waals surface area contributed by atoms with E-state index in [9.17, 15) is 4.79 Å². The standard InChI is InChI=1S/C23H27NO6/c1-23(2)29-20-19(26-14-16-9-5-3-6-10-16)18(28-21(20)30-23)13-24-22(25)27-15-17-11-7-4-8-12-17/h3-12,18-21H,13-15H2,1-2H3,(H,24,25)/t18-,19+,20-,21-/m1/s1. The molecule has 30 heavy (non-hydrogen) atoms. The van der Waals surface area contributed by atoms with Crippen LogP contribution in [0.1, 0.15) is 25.0 Å². The van der Waals surface area contributed by atoms with Crippen LogP contribution in [0.4, 0.5) is 4.79 Å². The summed E-state index contributed by atoms with van der Waals surface area (Å²) in [6.07, 6.45) is -2.21. The van der Waals surface area contributed by atoms with E-state index in [1.807, 2.05) is 74.5 Å². The lowest BCUT2D eigenvalue weighted by Gasteiger charge is -2.26.